The summed E-state index contributed by atoms with van der Waals surface area (Å²) in [6.45, 7) is 6.93. The first-order valence-corrected chi connectivity index (χ1v) is 8.99. The molecule has 21 heavy (non-hydrogen) atoms. The summed E-state index contributed by atoms with van der Waals surface area (Å²) in [6.07, 6.45) is 6.44. The molecule has 1 nitrogen and oxygen atoms in total. The molecular formula is C18H27Cl2N. The Bertz CT molecular complexity index is 459. The van der Waals surface area contributed by atoms with E-state index in [-0.39, 0.29) is 0 Å². The first-order chi connectivity index (χ1) is 10.0. The predicted octanol–water partition coefficient (Wildman–Crippen LogP) is 6.25. The summed E-state index contributed by atoms with van der Waals surface area (Å²) < 4.78 is 0. The fourth-order valence-corrected chi connectivity index (χ4v) is 3.91. The second kappa shape index (κ2) is 7.85. The highest BCUT2D eigenvalue weighted by atomic mass is 35.5. The van der Waals surface area contributed by atoms with Crippen molar-refractivity contribution in [3.8, 4) is 0 Å². The van der Waals surface area contributed by atoms with Gasteiger partial charge in [-0.3, -0.25) is 0 Å². The molecule has 0 heterocycles. The monoisotopic (exact) mass is 327 g/mol. The van der Waals surface area contributed by atoms with Crippen LogP contribution >= 0.6 is 23.2 Å². The lowest BCUT2D eigenvalue weighted by atomic mass is 9.77. The zero-order chi connectivity index (χ0) is 15.4. The minimum absolute atomic E-state index is 0.365. The molecule has 1 aliphatic rings. The zero-order valence-electron chi connectivity index (χ0n) is 13.3. The third kappa shape index (κ3) is 4.37. The molecule has 0 aliphatic heterocycles. The molecule has 0 aromatic heterocycles. The van der Waals surface area contributed by atoms with Crippen molar-refractivity contribution in [2.75, 3.05) is 0 Å². The van der Waals surface area contributed by atoms with E-state index < -0.39 is 0 Å². The average molecular weight is 328 g/mol. The summed E-state index contributed by atoms with van der Waals surface area (Å²) >= 11 is 12.2. The Morgan fingerprint density at radius 3 is 2.48 bits per heavy atom. The number of hydrogen-bond acceptors (Lipinski definition) is 1. The first-order valence-electron chi connectivity index (χ1n) is 8.24. The van der Waals surface area contributed by atoms with Gasteiger partial charge in [0.15, 0.2) is 0 Å². The van der Waals surface area contributed by atoms with Crippen molar-refractivity contribution >= 4 is 23.2 Å². The normalized spacial score (nSPS) is 24.3. The van der Waals surface area contributed by atoms with Crippen LogP contribution in [0.4, 0.5) is 0 Å². The summed E-state index contributed by atoms with van der Waals surface area (Å²) in [4.78, 5) is 0. The number of halogens is 2. The van der Waals surface area contributed by atoms with Crippen LogP contribution in [0.15, 0.2) is 18.2 Å². The first kappa shape index (κ1) is 17.1. The SMILES string of the molecule is CCC(NC1CCCCC1C(C)C)c1ccc(Cl)c(Cl)c1. The molecule has 1 saturated carbocycles. The zero-order valence-corrected chi connectivity index (χ0v) is 14.8. The molecule has 0 saturated heterocycles. The maximum atomic E-state index is 6.18. The Hall–Kier alpha value is -0.240. The predicted molar refractivity (Wildman–Crippen MR) is 93.2 cm³/mol. The van der Waals surface area contributed by atoms with Crippen LogP contribution in [0.1, 0.15) is 64.5 Å². The molecule has 1 aliphatic carbocycles. The molecule has 0 radical (unpaired) electrons. The van der Waals surface area contributed by atoms with Crippen LogP contribution in [0.2, 0.25) is 10.0 Å². The number of benzene rings is 1. The van der Waals surface area contributed by atoms with E-state index in [2.05, 4.69) is 32.2 Å². The van der Waals surface area contributed by atoms with E-state index in [1.54, 1.807) is 0 Å². The third-order valence-electron chi connectivity index (χ3n) is 4.85. The topological polar surface area (TPSA) is 12.0 Å². The summed E-state index contributed by atoms with van der Waals surface area (Å²) in [5.74, 6) is 1.53. The quantitative estimate of drug-likeness (QED) is 0.674. The lowest BCUT2D eigenvalue weighted by Crippen LogP contribution is -2.42. The highest BCUT2D eigenvalue weighted by molar-refractivity contribution is 6.42. The van der Waals surface area contributed by atoms with E-state index in [0.717, 1.165) is 18.3 Å². The molecule has 2 rings (SSSR count). The summed E-state index contributed by atoms with van der Waals surface area (Å²) in [5, 5.41) is 5.18. The van der Waals surface area contributed by atoms with E-state index in [0.29, 0.717) is 22.1 Å². The molecule has 0 amide bonds. The molecule has 0 spiro atoms. The van der Waals surface area contributed by atoms with Gasteiger partial charge in [-0.1, -0.05) is 62.9 Å². The van der Waals surface area contributed by atoms with Crippen LogP contribution in [-0.2, 0) is 0 Å². The molecule has 0 bridgehead atoms. The Labute approximate surface area is 139 Å². The number of rotatable bonds is 5. The van der Waals surface area contributed by atoms with Gasteiger partial charge < -0.3 is 5.32 Å². The average Bonchev–Trinajstić information content (AvgIpc) is 2.48. The number of hydrogen-bond donors (Lipinski definition) is 1. The van der Waals surface area contributed by atoms with Gasteiger partial charge in [0, 0.05) is 12.1 Å². The second-order valence-electron chi connectivity index (χ2n) is 6.60. The molecule has 118 valence electrons. The molecule has 3 heteroatoms. The smallest absolute Gasteiger partial charge is 0.0595 e. The van der Waals surface area contributed by atoms with Crippen LogP contribution < -0.4 is 5.32 Å². The van der Waals surface area contributed by atoms with Crippen molar-refractivity contribution < 1.29 is 0 Å². The fourth-order valence-electron chi connectivity index (χ4n) is 3.60. The van der Waals surface area contributed by atoms with E-state index in [9.17, 15) is 0 Å². The second-order valence-corrected chi connectivity index (χ2v) is 7.41. The van der Waals surface area contributed by atoms with Crippen LogP contribution in [0.3, 0.4) is 0 Å². The Morgan fingerprint density at radius 1 is 1.14 bits per heavy atom. The standard InChI is InChI=1S/C18H27Cl2N/c1-4-17(13-9-10-15(19)16(20)11-13)21-18-8-6-5-7-14(18)12(2)3/h9-12,14,17-18,21H,4-8H2,1-3H3. The molecular weight excluding hydrogens is 301 g/mol. The van der Waals surface area contributed by atoms with Crippen molar-refractivity contribution in [2.45, 2.75) is 65.0 Å². The molecule has 1 aromatic carbocycles. The highest BCUT2D eigenvalue weighted by Gasteiger charge is 2.29. The van der Waals surface area contributed by atoms with Crippen molar-refractivity contribution in [1.29, 1.82) is 0 Å². The Kier molecular flexibility index (Phi) is 6.40. The van der Waals surface area contributed by atoms with Gasteiger partial charge in [-0.2, -0.15) is 0 Å². The lowest BCUT2D eigenvalue weighted by Gasteiger charge is -2.37. The molecule has 3 atom stereocenters. The molecule has 1 aromatic rings. The number of nitrogens with one attached hydrogen (secondary N) is 1. The largest absolute Gasteiger partial charge is 0.307 e. The summed E-state index contributed by atoms with van der Waals surface area (Å²) in [7, 11) is 0. The van der Waals surface area contributed by atoms with Crippen molar-refractivity contribution in [1.82, 2.24) is 5.32 Å². The highest BCUT2D eigenvalue weighted by Crippen LogP contribution is 2.33. The van der Waals surface area contributed by atoms with Crippen molar-refractivity contribution in [2.24, 2.45) is 11.8 Å². The Balaban J connectivity index is 2.11. The van der Waals surface area contributed by atoms with Gasteiger partial charge in [0.05, 0.1) is 10.0 Å². The molecule has 3 unspecified atom stereocenters. The van der Waals surface area contributed by atoms with Gasteiger partial charge in [0.2, 0.25) is 0 Å². The summed E-state index contributed by atoms with van der Waals surface area (Å²) in [5.41, 5.74) is 1.25. The minimum atomic E-state index is 0.365. The van der Waals surface area contributed by atoms with E-state index in [1.807, 2.05) is 12.1 Å². The van der Waals surface area contributed by atoms with Crippen molar-refractivity contribution in [3.63, 3.8) is 0 Å². The van der Waals surface area contributed by atoms with Crippen LogP contribution in [-0.4, -0.2) is 6.04 Å². The van der Waals surface area contributed by atoms with Gasteiger partial charge in [-0.05, 0) is 48.8 Å². The Morgan fingerprint density at radius 2 is 1.86 bits per heavy atom. The van der Waals surface area contributed by atoms with Crippen LogP contribution in [0, 0.1) is 11.8 Å². The van der Waals surface area contributed by atoms with E-state index in [1.165, 1.54) is 31.2 Å². The third-order valence-corrected chi connectivity index (χ3v) is 5.58. The van der Waals surface area contributed by atoms with Crippen LogP contribution in [0.5, 0.6) is 0 Å². The lowest BCUT2D eigenvalue weighted by molar-refractivity contribution is 0.191. The van der Waals surface area contributed by atoms with Crippen molar-refractivity contribution in [3.05, 3.63) is 33.8 Å². The maximum absolute atomic E-state index is 6.18. The van der Waals surface area contributed by atoms with Gasteiger partial charge in [0.1, 0.15) is 0 Å². The van der Waals surface area contributed by atoms with Gasteiger partial charge in [-0.15, -0.1) is 0 Å². The van der Waals surface area contributed by atoms with Gasteiger partial charge in [-0.25, -0.2) is 0 Å². The van der Waals surface area contributed by atoms with Gasteiger partial charge in [0.25, 0.3) is 0 Å². The van der Waals surface area contributed by atoms with E-state index in [4.69, 9.17) is 23.2 Å². The molecule has 1 N–H and O–H groups in total. The maximum Gasteiger partial charge on any atom is 0.0595 e. The van der Waals surface area contributed by atoms with Gasteiger partial charge >= 0.3 is 0 Å². The summed E-state index contributed by atoms with van der Waals surface area (Å²) in [6, 6.07) is 7.01. The van der Waals surface area contributed by atoms with Crippen LogP contribution in [0.25, 0.3) is 0 Å². The van der Waals surface area contributed by atoms with E-state index >= 15 is 0 Å². The fraction of sp³-hybridized carbons (Fsp3) is 0.667. The molecule has 1 fully saturated rings. The minimum Gasteiger partial charge on any atom is -0.307 e.